The van der Waals surface area contributed by atoms with Crippen molar-refractivity contribution >= 4 is 22.9 Å². The summed E-state index contributed by atoms with van der Waals surface area (Å²) >= 11 is 0. The minimum atomic E-state index is -1.26. The fourth-order valence-electron chi connectivity index (χ4n) is 5.40. The molecule has 0 radical (unpaired) electrons. The van der Waals surface area contributed by atoms with E-state index in [4.69, 9.17) is 14.4 Å². The Hall–Kier alpha value is -3.60. The number of piperidine rings is 1. The van der Waals surface area contributed by atoms with Gasteiger partial charge in [-0.2, -0.15) is 0 Å². The molecule has 1 atom stereocenters. The largest absolute Gasteiger partial charge is 0.481 e. The first-order chi connectivity index (χ1) is 17.8. The maximum absolute atomic E-state index is 13.5. The molecule has 0 spiro atoms. The number of nitrogens with zero attached hydrogens (tertiary/aromatic N) is 4. The maximum Gasteiger partial charge on any atom is 0.317 e. The normalized spacial score (nSPS) is 18.6. The van der Waals surface area contributed by atoms with Crippen molar-refractivity contribution in [3.8, 4) is 0 Å². The molecule has 5 rings (SSSR count). The Bertz CT molecular complexity index is 1390. The summed E-state index contributed by atoms with van der Waals surface area (Å²) in [6, 6.07) is 4.50. The zero-order valence-electron chi connectivity index (χ0n) is 20.6. The van der Waals surface area contributed by atoms with Crippen LogP contribution in [0.4, 0.5) is 4.39 Å². The quantitative estimate of drug-likeness (QED) is 0.375. The Balaban J connectivity index is 1.22. The fraction of sp³-hybridized carbons (Fsp3) is 0.500. The number of aryl methyl sites for hydroxylation is 1. The number of likely N-dealkylation sites (tertiary alicyclic amines) is 1. The number of aliphatic carboxylic acids is 1. The van der Waals surface area contributed by atoms with Gasteiger partial charge in [-0.25, -0.2) is 9.37 Å². The van der Waals surface area contributed by atoms with Gasteiger partial charge in [0, 0.05) is 41.7 Å². The number of ether oxygens (including phenoxy) is 1. The highest BCUT2D eigenvalue weighted by molar-refractivity contribution is 5.90. The van der Waals surface area contributed by atoms with Gasteiger partial charge in [-0.15, -0.1) is 0 Å². The van der Waals surface area contributed by atoms with E-state index in [0.717, 1.165) is 37.0 Å². The molecule has 11 heteroatoms. The van der Waals surface area contributed by atoms with Gasteiger partial charge in [0.25, 0.3) is 5.56 Å². The van der Waals surface area contributed by atoms with Gasteiger partial charge >= 0.3 is 11.9 Å². The van der Waals surface area contributed by atoms with Gasteiger partial charge in [-0.3, -0.25) is 19.0 Å². The first-order valence-electron chi connectivity index (χ1n) is 12.6. The summed E-state index contributed by atoms with van der Waals surface area (Å²) in [7, 11) is 0. The zero-order chi connectivity index (χ0) is 26.1. The Morgan fingerprint density at radius 3 is 2.76 bits per heavy atom. The number of aromatic nitrogens is 3. The van der Waals surface area contributed by atoms with Crippen LogP contribution >= 0.6 is 0 Å². The molecule has 2 aliphatic heterocycles. The van der Waals surface area contributed by atoms with E-state index in [1.807, 2.05) is 0 Å². The van der Waals surface area contributed by atoms with E-state index >= 15 is 0 Å². The smallest absolute Gasteiger partial charge is 0.317 e. The molecule has 1 fully saturated rings. The second kappa shape index (κ2) is 10.4. The van der Waals surface area contributed by atoms with E-state index < -0.39 is 24.5 Å². The van der Waals surface area contributed by atoms with Crippen LogP contribution in [0.3, 0.4) is 0 Å². The van der Waals surface area contributed by atoms with E-state index in [2.05, 4.69) is 15.0 Å². The predicted molar refractivity (Wildman–Crippen MR) is 130 cm³/mol. The van der Waals surface area contributed by atoms with Crippen molar-refractivity contribution in [3.63, 3.8) is 0 Å². The molecule has 4 heterocycles. The zero-order valence-corrected chi connectivity index (χ0v) is 20.6. The Morgan fingerprint density at radius 2 is 2.00 bits per heavy atom. The van der Waals surface area contributed by atoms with Crippen LogP contribution in [0.15, 0.2) is 27.5 Å². The van der Waals surface area contributed by atoms with Crippen molar-refractivity contribution in [1.29, 1.82) is 0 Å². The molecule has 10 nitrogen and oxygen atoms in total. The fourth-order valence-corrected chi connectivity index (χ4v) is 5.40. The predicted octanol–water partition coefficient (Wildman–Crippen LogP) is 3.11. The van der Waals surface area contributed by atoms with Crippen LogP contribution in [0, 0.1) is 12.7 Å². The van der Waals surface area contributed by atoms with E-state index in [1.54, 1.807) is 17.6 Å². The first kappa shape index (κ1) is 25.1. The number of carboxylic acids is 1. The van der Waals surface area contributed by atoms with E-state index in [-0.39, 0.29) is 17.3 Å². The minimum absolute atomic E-state index is 0.127. The van der Waals surface area contributed by atoms with Crippen LogP contribution in [0.2, 0.25) is 0 Å². The molecule has 1 unspecified atom stereocenters. The average molecular weight is 513 g/mol. The Kier molecular flexibility index (Phi) is 7.05. The van der Waals surface area contributed by atoms with Crippen LogP contribution in [0.1, 0.15) is 66.9 Å². The number of benzene rings is 1. The highest BCUT2D eigenvalue weighted by Gasteiger charge is 2.29. The molecular weight excluding hydrogens is 483 g/mol. The second-order valence-electron chi connectivity index (χ2n) is 9.76. The number of esters is 1. The topological polar surface area (TPSA) is 128 Å². The molecule has 1 N–H and O–H groups in total. The lowest BCUT2D eigenvalue weighted by molar-refractivity contribution is -0.156. The number of hydrogen-bond donors (Lipinski definition) is 1. The molecule has 37 heavy (non-hydrogen) atoms. The standard InChI is InChI=1S/C26H29FN4O6/c1-15-18(26(35)31-9-2-3-20(25(31)28-15)36-23(34)14-22(32)33)8-12-30-10-6-16(7-11-30)24-19-5-4-17(27)13-21(19)37-29-24/h4-5,13,16,20H,2-3,6-12,14H2,1H3,(H,32,33). The van der Waals surface area contributed by atoms with Crippen molar-refractivity contribution < 1.29 is 28.3 Å². The molecule has 0 amide bonds. The highest BCUT2D eigenvalue weighted by Crippen LogP contribution is 2.33. The molecule has 1 saturated heterocycles. The number of carbonyl (C=O) groups is 2. The average Bonchev–Trinajstić information content (AvgIpc) is 3.27. The number of rotatable bonds is 7. The highest BCUT2D eigenvalue weighted by atomic mass is 19.1. The van der Waals surface area contributed by atoms with Gasteiger partial charge in [0.15, 0.2) is 17.5 Å². The lowest BCUT2D eigenvalue weighted by Gasteiger charge is -2.31. The molecule has 2 aromatic heterocycles. The van der Waals surface area contributed by atoms with Gasteiger partial charge in [0.2, 0.25) is 0 Å². The van der Waals surface area contributed by atoms with Crippen molar-refractivity contribution in [2.75, 3.05) is 19.6 Å². The lowest BCUT2D eigenvalue weighted by Crippen LogP contribution is -2.38. The van der Waals surface area contributed by atoms with E-state index in [1.165, 1.54) is 12.1 Å². The third-order valence-electron chi connectivity index (χ3n) is 7.32. The molecule has 2 aliphatic rings. The van der Waals surface area contributed by atoms with Gasteiger partial charge in [-0.05, 0) is 64.3 Å². The molecule has 0 aliphatic carbocycles. The summed E-state index contributed by atoms with van der Waals surface area (Å²) in [5.41, 5.74) is 2.47. The van der Waals surface area contributed by atoms with Gasteiger partial charge in [-0.1, -0.05) is 5.16 Å². The van der Waals surface area contributed by atoms with Crippen molar-refractivity contribution in [2.24, 2.45) is 0 Å². The van der Waals surface area contributed by atoms with Crippen LogP contribution < -0.4 is 5.56 Å². The van der Waals surface area contributed by atoms with Crippen LogP contribution in [-0.4, -0.2) is 56.3 Å². The summed E-state index contributed by atoms with van der Waals surface area (Å²) in [6.07, 6.45) is 2.04. The summed E-state index contributed by atoms with van der Waals surface area (Å²) in [5.74, 6) is -1.82. The van der Waals surface area contributed by atoms with Crippen molar-refractivity contribution in [2.45, 2.75) is 64.0 Å². The first-order valence-corrected chi connectivity index (χ1v) is 12.6. The molecule has 196 valence electrons. The Morgan fingerprint density at radius 1 is 1.22 bits per heavy atom. The van der Waals surface area contributed by atoms with Crippen molar-refractivity contribution in [1.82, 2.24) is 19.6 Å². The van der Waals surface area contributed by atoms with Gasteiger partial charge in [0.05, 0.1) is 5.69 Å². The number of carbonyl (C=O) groups excluding carboxylic acids is 1. The minimum Gasteiger partial charge on any atom is -0.481 e. The Labute approximate surface area is 212 Å². The summed E-state index contributed by atoms with van der Waals surface area (Å²) in [5, 5.41) is 13.9. The van der Waals surface area contributed by atoms with E-state index in [9.17, 15) is 18.8 Å². The molecule has 0 saturated carbocycles. The van der Waals surface area contributed by atoms with Crippen LogP contribution in [-0.2, 0) is 27.3 Å². The van der Waals surface area contributed by atoms with Crippen LogP contribution in [0.25, 0.3) is 11.0 Å². The monoisotopic (exact) mass is 512 g/mol. The third kappa shape index (κ3) is 5.27. The SMILES string of the molecule is Cc1nc2n(c(=O)c1CCN1CCC(c3noc4cc(F)ccc34)CC1)CCCC2OC(=O)CC(=O)O. The van der Waals surface area contributed by atoms with Crippen molar-refractivity contribution in [3.05, 3.63) is 57.1 Å². The van der Waals surface area contributed by atoms with Gasteiger partial charge in [0.1, 0.15) is 12.2 Å². The number of halogens is 1. The summed E-state index contributed by atoms with van der Waals surface area (Å²) < 4.78 is 25.7. The third-order valence-corrected chi connectivity index (χ3v) is 7.32. The number of fused-ring (bicyclic) bond motifs is 2. The molecule has 3 aromatic rings. The molecular formula is C26H29FN4O6. The molecule has 1 aromatic carbocycles. The van der Waals surface area contributed by atoms with Gasteiger partial charge < -0.3 is 19.3 Å². The second-order valence-corrected chi connectivity index (χ2v) is 9.76. The van der Waals surface area contributed by atoms with E-state index in [0.29, 0.717) is 55.0 Å². The lowest BCUT2D eigenvalue weighted by atomic mass is 9.91. The maximum atomic E-state index is 13.5. The summed E-state index contributed by atoms with van der Waals surface area (Å²) in [4.78, 5) is 42.9. The van der Waals surface area contributed by atoms with Crippen LogP contribution in [0.5, 0.6) is 0 Å². The summed E-state index contributed by atoms with van der Waals surface area (Å²) in [6.45, 7) is 4.68. The molecule has 0 bridgehead atoms. The number of carboxylic acid groups (broad SMARTS) is 1. The number of hydrogen-bond acceptors (Lipinski definition) is 8.